The summed E-state index contributed by atoms with van der Waals surface area (Å²) in [6.07, 6.45) is 14.1. The van der Waals surface area contributed by atoms with Crippen LogP contribution >= 0.6 is 0 Å². The molecule has 0 aromatic rings. The van der Waals surface area contributed by atoms with E-state index in [9.17, 15) is 5.11 Å². The summed E-state index contributed by atoms with van der Waals surface area (Å²) in [6.45, 7) is 4.76. The van der Waals surface area contributed by atoms with E-state index >= 15 is 0 Å². The van der Waals surface area contributed by atoms with Crippen LogP contribution in [0, 0.1) is 28.6 Å². The Morgan fingerprint density at radius 2 is 2.00 bits per heavy atom. The first-order chi connectivity index (χ1) is 9.95. The third kappa shape index (κ3) is 1.78. The van der Waals surface area contributed by atoms with Crippen LogP contribution in [0.15, 0.2) is 23.8 Å². The second-order valence-corrected chi connectivity index (χ2v) is 8.49. The van der Waals surface area contributed by atoms with Crippen LogP contribution in [0.25, 0.3) is 0 Å². The Balaban J connectivity index is 1.74. The molecule has 2 heteroatoms. The van der Waals surface area contributed by atoms with Crippen molar-refractivity contribution in [1.82, 2.24) is 0 Å². The van der Waals surface area contributed by atoms with E-state index in [1.54, 1.807) is 5.57 Å². The number of aliphatic hydroxyl groups excluding tert-OH is 1. The minimum Gasteiger partial charge on any atom is -0.393 e. The molecule has 3 unspecified atom stereocenters. The number of aliphatic hydroxyl groups is 1. The molecule has 0 bridgehead atoms. The molecule has 0 spiro atoms. The van der Waals surface area contributed by atoms with Gasteiger partial charge in [-0.2, -0.15) is 0 Å². The van der Waals surface area contributed by atoms with Gasteiger partial charge in [-0.25, -0.2) is 0 Å². The molecule has 3 N–H and O–H groups in total. The third-order valence-electron chi connectivity index (χ3n) is 7.55. The molecule has 116 valence electrons. The Kier molecular flexibility index (Phi) is 2.97. The Morgan fingerprint density at radius 3 is 2.81 bits per heavy atom. The van der Waals surface area contributed by atoms with Crippen molar-refractivity contribution < 1.29 is 5.11 Å². The Morgan fingerprint density at radius 1 is 1.19 bits per heavy atom. The average molecular weight is 287 g/mol. The lowest BCUT2D eigenvalue weighted by Crippen LogP contribution is -2.48. The SMILES string of the molecule is C[C@]12C=CC(N)CC1CC[C@@H]1C2=CC[C@]2(C)C(O)CC[C@@H]12. The largest absolute Gasteiger partial charge is 0.393 e. The van der Waals surface area contributed by atoms with E-state index in [0.717, 1.165) is 25.2 Å². The fourth-order valence-corrected chi connectivity index (χ4v) is 6.11. The molecule has 2 fully saturated rings. The van der Waals surface area contributed by atoms with Crippen LogP contribution in [0.5, 0.6) is 0 Å². The van der Waals surface area contributed by atoms with Crippen molar-refractivity contribution in [3.63, 3.8) is 0 Å². The number of rotatable bonds is 0. The summed E-state index contributed by atoms with van der Waals surface area (Å²) in [5.41, 5.74) is 8.19. The zero-order valence-corrected chi connectivity index (χ0v) is 13.4. The molecule has 0 aromatic carbocycles. The van der Waals surface area contributed by atoms with Crippen LogP contribution in [0.2, 0.25) is 0 Å². The van der Waals surface area contributed by atoms with Crippen LogP contribution in [0.4, 0.5) is 0 Å². The first-order valence-electron chi connectivity index (χ1n) is 8.78. The molecule has 0 saturated heterocycles. The predicted molar refractivity (Wildman–Crippen MR) is 85.6 cm³/mol. The van der Waals surface area contributed by atoms with Crippen LogP contribution in [-0.2, 0) is 0 Å². The number of hydrogen-bond donors (Lipinski definition) is 2. The molecule has 0 radical (unpaired) electrons. The van der Waals surface area contributed by atoms with Gasteiger partial charge >= 0.3 is 0 Å². The molecule has 0 aromatic heterocycles. The van der Waals surface area contributed by atoms with E-state index in [4.69, 9.17) is 5.73 Å². The fraction of sp³-hybridized carbons (Fsp3) is 0.789. The zero-order chi connectivity index (χ0) is 14.8. The van der Waals surface area contributed by atoms with Gasteiger partial charge in [0.05, 0.1) is 6.10 Å². The molecule has 2 nitrogen and oxygen atoms in total. The van der Waals surface area contributed by atoms with Crippen molar-refractivity contribution in [2.45, 2.75) is 64.5 Å². The summed E-state index contributed by atoms with van der Waals surface area (Å²) in [5, 5.41) is 10.4. The van der Waals surface area contributed by atoms with Crippen LogP contribution < -0.4 is 5.73 Å². The molecule has 0 aliphatic heterocycles. The Bertz CT molecular complexity index is 510. The number of fused-ring (bicyclic) bond motifs is 5. The van der Waals surface area contributed by atoms with Crippen molar-refractivity contribution >= 4 is 0 Å². The monoisotopic (exact) mass is 287 g/mol. The molecular formula is C19H29NO. The van der Waals surface area contributed by atoms with Crippen LogP contribution in [0.3, 0.4) is 0 Å². The van der Waals surface area contributed by atoms with Crippen molar-refractivity contribution in [2.75, 3.05) is 0 Å². The third-order valence-corrected chi connectivity index (χ3v) is 7.55. The van der Waals surface area contributed by atoms with Gasteiger partial charge in [-0.05, 0) is 56.3 Å². The van der Waals surface area contributed by atoms with Gasteiger partial charge in [0, 0.05) is 16.9 Å². The molecule has 2 saturated carbocycles. The molecule has 21 heavy (non-hydrogen) atoms. The van der Waals surface area contributed by atoms with Gasteiger partial charge in [-0.3, -0.25) is 0 Å². The summed E-state index contributed by atoms with van der Waals surface area (Å²) < 4.78 is 0. The molecule has 4 aliphatic carbocycles. The smallest absolute Gasteiger partial charge is 0.0599 e. The molecule has 4 rings (SSSR count). The van der Waals surface area contributed by atoms with Crippen molar-refractivity contribution in [2.24, 2.45) is 34.3 Å². The van der Waals surface area contributed by atoms with E-state index < -0.39 is 0 Å². The standard InChI is InChI=1S/C19H29NO/c1-18-9-7-13(20)11-12(18)3-4-14-15-5-6-17(21)19(15,2)10-8-16(14)18/h7-9,12-15,17,21H,3-6,10-11,20H2,1-2H3/t12?,13?,14-,15-,17?,18-,19-/m0/s1. The van der Waals surface area contributed by atoms with Gasteiger partial charge in [-0.1, -0.05) is 37.6 Å². The van der Waals surface area contributed by atoms with Gasteiger partial charge in [0.2, 0.25) is 0 Å². The summed E-state index contributed by atoms with van der Waals surface area (Å²) in [5.74, 6) is 2.10. The fourth-order valence-electron chi connectivity index (χ4n) is 6.11. The van der Waals surface area contributed by atoms with E-state index in [1.807, 2.05) is 0 Å². The minimum atomic E-state index is -0.0962. The summed E-state index contributed by atoms with van der Waals surface area (Å²) in [7, 11) is 0. The van der Waals surface area contributed by atoms with Crippen LogP contribution in [0.1, 0.15) is 52.4 Å². The molecule has 0 amide bonds. The minimum absolute atomic E-state index is 0.0962. The Hall–Kier alpha value is -0.600. The normalized spacial score (nSPS) is 55.4. The van der Waals surface area contributed by atoms with E-state index in [0.29, 0.717) is 11.8 Å². The molecule has 4 aliphatic rings. The lowest BCUT2D eigenvalue weighted by molar-refractivity contribution is 0.00482. The van der Waals surface area contributed by atoms with E-state index in [2.05, 4.69) is 32.1 Å². The summed E-state index contributed by atoms with van der Waals surface area (Å²) in [4.78, 5) is 0. The summed E-state index contributed by atoms with van der Waals surface area (Å²) >= 11 is 0. The predicted octanol–water partition coefficient (Wildman–Crippen LogP) is 3.41. The second-order valence-electron chi connectivity index (χ2n) is 8.49. The summed E-state index contributed by atoms with van der Waals surface area (Å²) in [6, 6.07) is 0.252. The first-order valence-corrected chi connectivity index (χ1v) is 8.78. The number of hydrogen-bond acceptors (Lipinski definition) is 2. The van der Waals surface area contributed by atoms with Crippen LogP contribution in [-0.4, -0.2) is 17.3 Å². The van der Waals surface area contributed by atoms with Crippen molar-refractivity contribution in [3.8, 4) is 0 Å². The van der Waals surface area contributed by atoms with Gasteiger partial charge in [0.25, 0.3) is 0 Å². The highest BCUT2D eigenvalue weighted by atomic mass is 16.3. The zero-order valence-electron chi connectivity index (χ0n) is 13.4. The maximum atomic E-state index is 10.4. The second kappa shape index (κ2) is 4.45. The number of allylic oxidation sites excluding steroid dienone is 3. The van der Waals surface area contributed by atoms with E-state index in [-0.39, 0.29) is 23.0 Å². The first kappa shape index (κ1) is 14.0. The highest BCUT2D eigenvalue weighted by Gasteiger charge is 2.56. The van der Waals surface area contributed by atoms with Gasteiger partial charge < -0.3 is 10.8 Å². The molecule has 0 heterocycles. The molecule has 7 atom stereocenters. The number of nitrogens with two attached hydrogens (primary N) is 1. The lowest BCUT2D eigenvalue weighted by atomic mass is 9.50. The van der Waals surface area contributed by atoms with Crippen molar-refractivity contribution in [1.29, 1.82) is 0 Å². The van der Waals surface area contributed by atoms with Gasteiger partial charge in [0.1, 0.15) is 0 Å². The van der Waals surface area contributed by atoms with E-state index in [1.165, 1.54) is 19.3 Å². The Labute approximate surface area is 128 Å². The highest BCUT2D eigenvalue weighted by molar-refractivity contribution is 5.34. The average Bonchev–Trinajstić information content (AvgIpc) is 2.76. The lowest BCUT2D eigenvalue weighted by Gasteiger charge is -2.54. The van der Waals surface area contributed by atoms with Gasteiger partial charge in [0.15, 0.2) is 0 Å². The van der Waals surface area contributed by atoms with Gasteiger partial charge in [-0.15, -0.1) is 0 Å². The maximum absolute atomic E-state index is 10.4. The maximum Gasteiger partial charge on any atom is 0.0599 e. The topological polar surface area (TPSA) is 46.2 Å². The van der Waals surface area contributed by atoms with Crippen molar-refractivity contribution in [3.05, 3.63) is 23.8 Å². The highest BCUT2D eigenvalue weighted by Crippen LogP contribution is 2.62. The molecular weight excluding hydrogens is 258 g/mol. The quantitative estimate of drug-likeness (QED) is 0.671.